The van der Waals surface area contributed by atoms with Crippen molar-refractivity contribution >= 4 is 23.0 Å². The van der Waals surface area contributed by atoms with Crippen molar-refractivity contribution in [2.75, 3.05) is 11.9 Å². The maximum Gasteiger partial charge on any atom is 0.422 e. The molecule has 0 fully saturated rings. The van der Waals surface area contributed by atoms with Crippen LogP contribution in [0.4, 0.5) is 23.2 Å². The van der Waals surface area contributed by atoms with Crippen molar-refractivity contribution in [3.05, 3.63) is 24.0 Å². The molecule has 0 atom stereocenters. The molecule has 94 valence electrons. The summed E-state index contributed by atoms with van der Waals surface area (Å²) in [7, 11) is 0. The van der Waals surface area contributed by atoms with Gasteiger partial charge in [-0.2, -0.15) is 13.2 Å². The molecule has 0 spiro atoms. The smallest absolute Gasteiger partial charge is 0.422 e. The largest absolute Gasteiger partial charge is 0.482 e. The van der Waals surface area contributed by atoms with Crippen molar-refractivity contribution in [2.24, 2.45) is 5.73 Å². The molecular formula is C9H8F4N2OS. The zero-order valence-electron chi connectivity index (χ0n) is 8.34. The number of hydrogen-bond acceptors (Lipinski definition) is 2. The molecule has 0 amide bonds. The normalized spacial score (nSPS) is 11.1. The first kappa shape index (κ1) is 13.5. The van der Waals surface area contributed by atoms with Crippen LogP contribution in [0, 0.1) is 5.82 Å². The molecule has 0 unspecified atom stereocenters. The second-order valence-corrected chi connectivity index (χ2v) is 3.47. The topological polar surface area (TPSA) is 47.3 Å². The molecule has 0 aromatic heterocycles. The molecule has 0 saturated heterocycles. The molecule has 1 aromatic carbocycles. The number of alkyl halides is 3. The Morgan fingerprint density at radius 1 is 1.41 bits per heavy atom. The highest BCUT2D eigenvalue weighted by molar-refractivity contribution is 7.80. The molecule has 8 heteroatoms. The highest BCUT2D eigenvalue weighted by atomic mass is 32.1. The number of thiocarbonyl (C=S) groups is 1. The molecule has 0 aliphatic rings. The van der Waals surface area contributed by atoms with Gasteiger partial charge in [-0.15, -0.1) is 0 Å². The average molecular weight is 268 g/mol. The van der Waals surface area contributed by atoms with E-state index in [4.69, 9.17) is 5.73 Å². The van der Waals surface area contributed by atoms with E-state index in [2.05, 4.69) is 22.3 Å². The van der Waals surface area contributed by atoms with Crippen LogP contribution in [0.5, 0.6) is 5.75 Å². The molecule has 17 heavy (non-hydrogen) atoms. The van der Waals surface area contributed by atoms with E-state index in [9.17, 15) is 17.6 Å². The number of halogens is 4. The van der Waals surface area contributed by atoms with Crippen molar-refractivity contribution < 1.29 is 22.3 Å². The molecule has 0 bridgehead atoms. The van der Waals surface area contributed by atoms with Crippen LogP contribution in [0.25, 0.3) is 0 Å². The predicted octanol–water partition coefficient (Wildman–Crippen LogP) is 2.42. The SMILES string of the molecule is NC(=S)Nc1cc(F)ccc1OCC(F)(F)F. The van der Waals surface area contributed by atoms with Gasteiger partial charge in [0, 0.05) is 6.07 Å². The van der Waals surface area contributed by atoms with Gasteiger partial charge >= 0.3 is 6.18 Å². The Balaban J connectivity index is 2.86. The van der Waals surface area contributed by atoms with E-state index in [0.29, 0.717) is 0 Å². The minimum absolute atomic E-state index is 0.0539. The molecule has 0 heterocycles. The number of anilines is 1. The minimum Gasteiger partial charge on any atom is -0.482 e. The summed E-state index contributed by atoms with van der Waals surface area (Å²) < 4.78 is 53.2. The van der Waals surface area contributed by atoms with Crippen LogP contribution in [0.2, 0.25) is 0 Å². The van der Waals surface area contributed by atoms with Crippen molar-refractivity contribution in [1.29, 1.82) is 0 Å². The third-order valence-electron chi connectivity index (χ3n) is 1.59. The third kappa shape index (κ3) is 4.85. The van der Waals surface area contributed by atoms with Gasteiger partial charge in [0.15, 0.2) is 11.7 Å². The molecule has 0 aliphatic carbocycles. The lowest BCUT2D eigenvalue weighted by molar-refractivity contribution is -0.153. The van der Waals surface area contributed by atoms with E-state index in [-0.39, 0.29) is 16.5 Å². The Labute approximate surface area is 99.6 Å². The molecule has 3 nitrogen and oxygen atoms in total. The second-order valence-electron chi connectivity index (χ2n) is 3.03. The van der Waals surface area contributed by atoms with Gasteiger partial charge in [-0.3, -0.25) is 0 Å². The first-order valence-electron chi connectivity index (χ1n) is 4.33. The Kier molecular flexibility index (Phi) is 4.11. The van der Waals surface area contributed by atoms with Crippen molar-refractivity contribution in [3.63, 3.8) is 0 Å². The Morgan fingerprint density at radius 3 is 2.59 bits per heavy atom. The molecular weight excluding hydrogens is 260 g/mol. The lowest BCUT2D eigenvalue weighted by Crippen LogP contribution is -2.22. The number of nitrogens with one attached hydrogen (secondary N) is 1. The van der Waals surface area contributed by atoms with Gasteiger partial charge in [-0.05, 0) is 24.4 Å². The summed E-state index contributed by atoms with van der Waals surface area (Å²) in [6, 6.07) is 2.96. The van der Waals surface area contributed by atoms with Gasteiger partial charge in [0.1, 0.15) is 11.6 Å². The lowest BCUT2D eigenvalue weighted by atomic mass is 10.3. The van der Waals surface area contributed by atoms with Crippen LogP contribution in [-0.4, -0.2) is 17.9 Å². The summed E-state index contributed by atoms with van der Waals surface area (Å²) in [5.41, 5.74) is 5.09. The maximum atomic E-state index is 12.9. The fraction of sp³-hybridized carbons (Fsp3) is 0.222. The highest BCUT2D eigenvalue weighted by Gasteiger charge is 2.28. The van der Waals surface area contributed by atoms with Gasteiger partial charge in [0.25, 0.3) is 0 Å². The summed E-state index contributed by atoms with van der Waals surface area (Å²) in [5, 5.41) is 2.13. The van der Waals surface area contributed by atoms with E-state index in [0.717, 1.165) is 18.2 Å². The number of nitrogens with two attached hydrogens (primary N) is 1. The van der Waals surface area contributed by atoms with E-state index in [1.807, 2.05) is 0 Å². The fourth-order valence-corrected chi connectivity index (χ4v) is 1.13. The molecule has 1 aromatic rings. The molecule has 0 radical (unpaired) electrons. The van der Waals surface area contributed by atoms with E-state index < -0.39 is 18.6 Å². The summed E-state index contributed by atoms with van der Waals surface area (Å²) >= 11 is 4.50. The summed E-state index contributed by atoms with van der Waals surface area (Å²) in [4.78, 5) is 0. The van der Waals surface area contributed by atoms with E-state index >= 15 is 0 Å². The Morgan fingerprint density at radius 2 is 2.06 bits per heavy atom. The van der Waals surface area contributed by atoms with Crippen LogP contribution in [0.15, 0.2) is 18.2 Å². The monoisotopic (exact) mass is 268 g/mol. The van der Waals surface area contributed by atoms with Gasteiger partial charge < -0.3 is 15.8 Å². The fourth-order valence-electron chi connectivity index (χ4n) is 1.02. The lowest BCUT2D eigenvalue weighted by Gasteiger charge is -2.13. The van der Waals surface area contributed by atoms with Crippen molar-refractivity contribution in [2.45, 2.75) is 6.18 Å². The van der Waals surface area contributed by atoms with Crippen molar-refractivity contribution in [3.8, 4) is 5.75 Å². The molecule has 3 N–H and O–H groups in total. The van der Waals surface area contributed by atoms with Crippen LogP contribution in [-0.2, 0) is 0 Å². The highest BCUT2D eigenvalue weighted by Crippen LogP contribution is 2.27. The third-order valence-corrected chi connectivity index (χ3v) is 1.69. The first-order valence-corrected chi connectivity index (χ1v) is 4.74. The van der Waals surface area contributed by atoms with Gasteiger partial charge in [-0.1, -0.05) is 0 Å². The van der Waals surface area contributed by atoms with Gasteiger partial charge in [0.05, 0.1) is 5.69 Å². The van der Waals surface area contributed by atoms with E-state index in [1.54, 1.807) is 0 Å². The second kappa shape index (κ2) is 5.17. The van der Waals surface area contributed by atoms with Gasteiger partial charge in [0.2, 0.25) is 0 Å². The zero-order valence-corrected chi connectivity index (χ0v) is 9.16. The molecule has 0 saturated carbocycles. The van der Waals surface area contributed by atoms with Crippen LogP contribution < -0.4 is 15.8 Å². The standard InChI is InChI=1S/C9H8F4N2OS/c10-5-1-2-7(16-4-9(11,12)13)6(3-5)15-8(14)17/h1-3H,4H2,(H3,14,15,17). The van der Waals surface area contributed by atoms with Crippen LogP contribution >= 0.6 is 12.2 Å². The predicted molar refractivity (Wildman–Crippen MR) is 58.4 cm³/mol. The van der Waals surface area contributed by atoms with Crippen molar-refractivity contribution in [1.82, 2.24) is 0 Å². The Bertz CT molecular complexity index is 422. The van der Waals surface area contributed by atoms with Gasteiger partial charge in [-0.25, -0.2) is 4.39 Å². The minimum atomic E-state index is -4.48. The summed E-state index contributed by atoms with van der Waals surface area (Å²) in [5.74, 6) is -0.834. The number of benzene rings is 1. The summed E-state index contributed by atoms with van der Waals surface area (Å²) in [6.45, 7) is -1.48. The summed E-state index contributed by atoms with van der Waals surface area (Å²) in [6.07, 6.45) is -4.48. The number of ether oxygens (including phenoxy) is 1. The molecule has 0 aliphatic heterocycles. The number of rotatable bonds is 3. The quantitative estimate of drug-likeness (QED) is 0.653. The maximum absolute atomic E-state index is 12.9. The molecule has 1 rings (SSSR count). The van der Waals surface area contributed by atoms with Crippen LogP contribution in [0.1, 0.15) is 0 Å². The van der Waals surface area contributed by atoms with E-state index in [1.165, 1.54) is 0 Å². The number of hydrogen-bond donors (Lipinski definition) is 2. The van der Waals surface area contributed by atoms with Crippen LogP contribution in [0.3, 0.4) is 0 Å². The first-order chi connectivity index (χ1) is 7.78. The zero-order chi connectivity index (χ0) is 13.1. The Hall–Kier alpha value is -1.57. The average Bonchev–Trinajstić information content (AvgIpc) is 2.14.